The third kappa shape index (κ3) is 2.43. The first kappa shape index (κ1) is 12.8. The maximum atomic E-state index is 6.27. The van der Waals surface area contributed by atoms with Crippen molar-refractivity contribution in [3.8, 4) is 0 Å². The summed E-state index contributed by atoms with van der Waals surface area (Å²) in [7, 11) is 0. The first-order valence-electron chi connectivity index (χ1n) is 6.23. The maximum Gasteiger partial charge on any atom is 0.207 e. The lowest BCUT2D eigenvalue weighted by Crippen LogP contribution is -2.46. The molecule has 2 N–H and O–H groups in total. The van der Waals surface area contributed by atoms with E-state index in [0.29, 0.717) is 11.1 Å². The topological polar surface area (TPSA) is 54.0 Å². The van der Waals surface area contributed by atoms with Crippen molar-refractivity contribution < 1.29 is 0 Å². The second-order valence-electron chi connectivity index (χ2n) is 4.32. The molecule has 2 aromatic carbocycles. The van der Waals surface area contributed by atoms with E-state index in [2.05, 4.69) is 9.98 Å². The summed E-state index contributed by atoms with van der Waals surface area (Å²) in [5, 5.41) is 0.317. The predicted octanol–water partition coefficient (Wildman–Crippen LogP) is 2.79. The molecule has 2 aromatic rings. The molecule has 1 heterocycles. The van der Waals surface area contributed by atoms with Crippen LogP contribution in [0.3, 0.4) is 0 Å². The maximum absolute atomic E-state index is 6.27. The highest BCUT2D eigenvalue weighted by atomic mass is 35.5. The SMILES string of the molecule is NC1N=C(c2ccccc2)N=C(Cl)N1c1ccccc1. The van der Waals surface area contributed by atoms with Crippen molar-refractivity contribution >= 4 is 28.4 Å². The van der Waals surface area contributed by atoms with E-state index in [0.717, 1.165) is 11.3 Å². The van der Waals surface area contributed by atoms with Gasteiger partial charge in [0.1, 0.15) is 0 Å². The van der Waals surface area contributed by atoms with Crippen LogP contribution in [-0.4, -0.2) is 17.4 Å². The summed E-state index contributed by atoms with van der Waals surface area (Å²) in [6.07, 6.45) is -0.586. The van der Waals surface area contributed by atoms with Crippen molar-refractivity contribution in [1.82, 2.24) is 0 Å². The molecule has 20 heavy (non-hydrogen) atoms. The molecular formula is C15H13ClN4. The molecule has 0 amide bonds. The van der Waals surface area contributed by atoms with Gasteiger partial charge in [0.05, 0.1) is 0 Å². The first-order valence-corrected chi connectivity index (χ1v) is 6.61. The number of benzene rings is 2. The molecule has 0 aromatic heterocycles. The van der Waals surface area contributed by atoms with Crippen LogP contribution in [0.1, 0.15) is 5.56 Å². The van der Waals surface area contributed by atoms with Crippen LogP contribution in [0.4, 0.5) is 5.69 Å². The highest BCUT2D eigenvalue weighted by molar-refractivity contribution is 6.69. The van der Waals surface area contributed by atoms with Gasteiger partial charge < -0.3 is 0 Å². The van der Waals surface area contributed by atoms with Crippen LogP contribution >= 0.6 is 11.6 Å². The number of amidine groups is 2. The highest BCUT2D eigenvalue weighted by Gasteiger charge is 2.24. The molecule has 3 rings (SSSR count). The van der Waals surface area contributed by atoms with Crippen molar-refractivity contribution in [2.45, 2.75) is 6.29 Å². The Morgan fingerprint density at radius 1 is 0.950 bits per heavy atom. The molecule has 0 saturated heterocycles. The van der Waals surface area contributed by atoms with Crippen LogP contribution in [0, 0.1) is 0 Å². The van der Waals surface area contributed by atoms with Crippen molar-refractivity contribution in [3.05, 3.63) is 66.2 Å². The highest BCUT2D eigenvalue weighted by Crippen LogP contribution is 2.21. The summed E-state index contributed by atoms with van der Waals surface area (Å²) in [6, 6.07) is 19.3. The van der Waals surface area contributed by atoms with E-state index < -0.39 is 6.29 Å². The summed E-state index contributed by atoms with van der Waals surface area (Å²) in [5.41, 5.74) is 7.86. The third-order valence-corrected chi connectivity index (χ3v) is 3.25. The predicted molar refractivity (Wildman–Crippen MR) is 83.2 cm³/mol. The fraction of sp³-hybridized carbons (Fsp3) is 0.0667. The quantitative estimate of drug-likeness (QED) is 0.862. The molecule has 1 unspecified atom stereocenters. The number of anilines is 1. The van der Waals surface area contributed by atoms with E-state index in [9.17, 15) is 0 Å². The van der Waals surface area contributed by atoms with Crippen LogP contribution in [0.5, 0.6) is 0 Å². The van der Waals surface area contributed by atoms with Crippen LogP contribution in [0.15, 0.2) is 70.6 Å². The van der Waals surface area contributed by atoms with E-state index in [-0.39, 0.29) is 0 Å². The fourth-order valence-electron chi connectivity index (χ4n) is 2.04. The van der Waals surface area contributed by atoms with Gasteiger partial charge in [-0.25, -0.2) is 4.99 Å². The van der Waals surface area contributed by atoms with Gasteiger partial charge in [0.25, 0.3) is 0 Å². The Labute approximate surface area is 122 Å². The molecule has 0 bridgehead atoms. The van der Waals surface area contributed by atoms with E-state index in [4.69, 9.17) is 17.3 Å². The van der Waals surface area contributed by atoms with Crippen molar-refractivity contribution in [2.75, 3.05) is 4.90 Å². The number of hydrogen-bond acceptors (Lipinski definition) is 4. The Balaban J connectivity index is 1.95. The summed E-state index contributed by atoms with van der Waals surface area (Å²) in [5.74, 6) is 0.551. The number of nitrogens with zero attached hydrogens (tertiary/aromatic N) is 3. The van der Waals surface area contributed by atoms with Gasteiger partial charge in [0, 0.05) is 11.3 Å². The average molecular weight is 285 g/mol. The molecular weight excluding hydrogens is 272 g/mol. The molecule has 0 aliphatic carbocycles. The molecule has 0 fully saturated rings. The average Bonchev–Trinajstić information content (AvgIpc) is 2.48. The number of hydrogen-bond donors (Lipinski definition) is 1. The minimum absolute atomic E-state index is 0.317. The molecule has 1 atom stereocenters. The van der Waals surface area contributed by atoms with Crippen LogP contribution in [-0.2, 0) is 0 Å². The van der Waals surface area contributed by atoms with E-state index in [1.54, 1.807) is 4.90 Å². The van der Waals surface area contributed by atoms with Gasteiger partial charge in [-0.05, 0) is 23.7 Å². The normalized spacial score (nSPS) is 18.5. The summed E-state index contributed by atoms with van der Waals surface area (Å²) in [4.78, 5) is 10.4. The van der Waals surface area contributed by atoms with Crippen LogP contribution < -0.4 is 10.6 Å². The Morgan fingerprint density at radius 2 is 1.55 bits per heavy atom. The van der Waals surface area contributed by atoms with Gasteiger partial charge >= 0.3 is 0 Å². The van der Waals surface area contributed by atoms with Crippen LogP contribution in [0.25, 0.3) is 0 Å². The number of para-hydroxylation sites is 1. The fourth-order valence-corrected chi connectivity index (χ4v) is 2.31. The Bertz CT molecular complexity index is 652. The third-order valence-electron chi connectivity index (χ3n) is 2.98. The minimum atomic E-state index is -0.586. The Morgan fingerprint density at radius 3 is 2.15 bits per heavy atom. The second kappa shape index (κ2) is 5.45. The standard InChI is InChI=1S/C15H13ClN4/c16-14-18-13(11-7-3-1-4-8-11)19-15(17)20(14)12-9-5-2-6-10-12/h1-10,15H,17H2. The lowest BCUT2D eigenvalue weighted by Gasteiger charge is -2.29. The molecule has 1 aliphatic rings. The lowest BCUT2D eigenvalue weighted by molar-refractivity contribution is 0.728. The molecule has 100 valence electrons. The summed E-state index contributed by atoms with van der Waals surface area (Å²) >= 11 is 6.27. The Kier molecular flexibility index (Phi) is 3.50. The summed E-state index contributed by atoms with van der Waals surface area (Å²) in [6.45, 7) is 0. The second-order valence-corrected chi connectivity index (χ2v) is 4.66. The van der Waals surface area contributed by atoms with Gasteiger partial charge in [0.15, 0.2) is 12.1 Å². The van der Waals surface area contributed by atoms with Gasteiger partial charge in [-0.15, -0.1) is 0 Å². The van der Waals surface area contributed by atoms with Crippen molar-refractivity contribution in [1.29, 1.82) is 0 Å². The number of rotatable bonds is 2. The molecule has 4 nitrogen and oxygen atoms in total. The van der Waals surface area contributed by atoms with E-state index >= 15 is 0 Å². The summed E-state index contributed by atoms with van der Waals surface area (Å²) < 4.78 is 0. The first-order chi connectivity index (χ1) is 9.75. The molecule has 0 saturated carbocycles. The largest absolute Gasteiger partial charge is 0.292 e. The zero-order valence-corrected chi connectivity index (χ0v) is 11.4. The van der Waals surface area contributed by atoms with Gasteiger partial charge in [0.2, 0.25) is 5.29 Å². The zero-order chi connectivity index (χ0) is 13.9. The van der Waals surface area contributed by atoms with Crippen molar-refractivity contribution in [2.24, 2.45) is 15.7 Å². The number of aliphatic imine (C=N–C) groups is 2. The number of halogens is 1. The van der Waals surface area contributed by atoms with Crippen LogP contribution in [0.2, 0.25) is 0 Å². The molecule has 0 radical (unpaired) electrons. The number of nitrogens with two attached hydrogens (primary N) is 1. The van der Waals surface area contributed by atoms with Gasteiger partial charge in [-0.1, -0.05) is 48.5 Å². The zero-order valence-electron chi connectivity index (χ0n) is 10.6. The van der Waals surface area contributed by atoms with Crippen molar-refractivity contribution in [3.63, 3.8) is 0 Å². The van der Waals surface area contributed by atoms with E-state index in [1.165, 1.54) is 0 Å². The van der Waals surface area contributed by atoms with Gasteiger partial charge in [-0.2, -0.15) is 4.99 Å². The molecule has 1 aliphatic heterocycles. The Hall–Kier alpha value is -2.17. The van der Waals surface area contributed by atoms with Gasteiger partial charge in [-0.3, -0.25) is 10.6 Å². The molecule has 0 spiro atoms. The smallest absolute Gasteiger partial charge is 0.207 e. The lowest BCUT2D eigenvalue weighted by atomic mass is 10.2. The van der Waals surface area contributed by atoms with E-state index in [1.807, 2.05) is 60.7 Å². The minimum Gasteiger partial charge on any atom is -0.292 e. The molecule has 5 heteroatoms. The monoisotopic (exact) mass is 284 g/mol.